The van der Waals surface area contributed by atoms with Gasteiger partial charge in [-0.1, -0.05) is 18.0 Å². The van der Waals surface area contributed by atoms with Crippen molar-refractivity contribution in [2.45, 2.75) is 56.1 Å². The molecule has 1 aromatic carbocycles. The summed E-state index contributed by atoms with van der Waals surface area (Å²) < 4.78 is 32.2. The molecule has 1 atom stereocenters. The molecule has 1 amide bonds. The van der Waals surface area contributed by atoms with Crippen molar-refractivity contribution >= 4 is 33.5 Å². The highest BCUT2D eigenvalue weighted by molar-refractivity contribution is 7.89. The van der Waals surface area contributed by atoms with Gasteiger partial charge in [-0.3, -0.25) is 4.79 Å². The first-order valence-electron chi connectivity index (χ1n) is 9.10. The van der Waals surface area contributed by atoms with Crippen LogP contribution >= 0.6 is 11.6 Å². The third-order valence-corrected chi connectivity index (χ3v) is 6.91. The summed E-state index contributed by atoms with van der Waals surface area (Å²) in [5, 5.41) is 2.83. The van der Waals surface area contributed by atoms with E-state index in [1.807, 2.05) is 0 Å². The number of nitrogens with zero attached hydrogens (tertiary/aromatic N) is 1. The van der Waals surface area contributed by atoms with E-state index in [0.29, 0.717) is 13.1 Å². The molecule has 0 bridgehead atoms. The predicted octanol–water partition coefficient (Wildman–Crippen LogP) is 2.34. The van der Waals surface area contributed by atoms with Crippen molar-refractivity contribution < 1.29 is 22.7 Å². The first-order chi connectivity index (χ1) is 12.8. The smallest absolute Gasteiger partial charge is 0.340 e. The second-order valence-corrected chi connectivity index (χ2v) is 9.28. The fourth-order valence-corrected chi connectivity index (χ4v) is 4.64. The van der Waals surface area contributed by atoms with E-state index in [2.05, 4.69) is 5.32 Å². The predicted molar refractivity (Wildman–Crippen MR) is 100 cm³/mol. The number of carbonyl (C=O) groups is 2. The second kappa shape index (κ2) is 8.16. The first kappa shape index (κ1) is 20.1. The van der Waals surface area contributed by atoms with Crippen molar-refractivity contribution in [3.05, 3.63) is 28.8 Å². The molecule has 1 N–H and O–H groups in total. The molecule has 0 radical (unpaired) electrons. The number of nitrogens with one attached hydrogen (secondary N) is 1. The normalized spacial score (nSPS) is 19.3. The maximum Gasteiger partial charge on any atom is 0.340 e. The topological polar surface area (TPSA) is 92.8 Å². The van der Waals surface area contributed by atoms with Gasteiger partial charge in [0.25, 0.3) is 5.91 Å². The summed E-state index contributed by atoms with van der Waals surface area (Å²) in [5.74, 6) is -1.20. The number of hydrogen-bond acceptors (Lipinski definition) is 5. The lowest BCUT2D eigenvalue weighted by molar-refractivity contribution is -0.129. The van der Waals surface area contributed by atoms with Crippen LogP contribution in [0.2, 0.25) is 5.02 Å². The van der Waals surface area contributed by atoms with Gasteiger partial charge in [-0.15, -0.1) is 0 Å². The number of piperidine rings is 1. The zero-order valence-corrected chi connectivity index (χ0v) is 16.7. The van der Waals surface area contributed by atoms with Gasteiger partial charge in [0.05, 0.1) is 15.5 Å². The minimum absolute atomic E-state index is 0.00386. The summed E-state index contributed by atoms with van der Waals surface area (Å²) in [6.07, 6.45) is 3.50. The number of amides is 1. The molecule has 0 aromatic heterocycles. The molecule has 9 heteroatoms. The quantitative estimate of drug-likeness (QED) is 0.721. The number of rotatable bonds is 6. The summed E-state index contributed by atoms with van der Waals surface area (Å²) in [6.45, 7) is 2.39. The van der Waals surface area contributed by atoms with Gasteiger partial charge in [-0.25, -0.2) is 13.2 Å². The molecule has 2 aliphatic rings. The van der Waals surface area contributed by atoms with E-state index < -0.39 is 22.1 Å². The zero-order valence-electron chi connectivity index (χ0n) is 15.1. The van der Waals surface area contributed by atoms with Crippen molar-refractivity contribution in [1.29, 1.82) is 0 Å². The highest BCUT2D eigenvalue weighted by Crippen LogP contribution is 2.26. The Bertz CT molecular complexity index is 832. The monoisotopic (exact) mass is 414 g/mol. The van der Waals surface area contributed by atoms with E-state index in [-0.39, 0.29) is 27.4 Å². The van der Waals surface area contributed by atoms with Crippen LogP contribution in [0.5, 0.6) is 0 Å². The van der Waals surface area contributed by atoms with E-state index >= 15 is 0 Å². The molecule has 7 nitrogen and oxygen atoms in total. The van der Waals surface area contributed by atoms with Gasteiger partial charge in [-0.05, 0) is 50.8 Å². The Morgan fingerprint density at radius 1 is 1.22 bits per heavy atom. The van der Waals surface area contributed by atoms with Crippen LogP contribution < -0.4 is 5.32 Å². The lowest BCUT2D eigenvalue weighted by Gasteiger charge is -2.26. The van der Waals surface area contributed by atoms with E-state index in [1.165, 1.54) is 29.4 Å². The highest BCUT2D eigenvalue weighted by Gasteiger charge is 2.30. The minimum atomic E-state index is -3.70. The van der Waals surface area contributed by atoms with E-state index in [1.54, 1.807) is 0 Å². The molecule has 27 heavy (non-hydrogen) atoms. The first-order valence-corrected chi connectivity index (χ1v) is 10.9. The number of hydrogen-bond donors (Lipinski definition) is 1. The molecule has 3 rings (SSSR count). The molecule has 1 saturated heterocycles. The maximum absolute atomic E-state index is 12.8. The lowest BCUT2D eigenvalue weighted by atomic mass is 10.2. The van der Waals surface area contributed by atoms with Gasteiger partial charge in [0, 0.05) is 19.1 Å². The van der Waals surface area contributed by atoms with Gasteiger partial charge >= 0.3 is 5.97 Å². The Morgan fingerprint density at radius 3 is 2.52 bits per heavy atom. The lowest BCUT2D eigenvalue weighted by Crippen LogP contribution is -2.37. The summed E-state index contributed by atoms with van der Waals surface area (Å²) in [5.41, 5.74) is -0.0687. The van der Waals surface area contributed by atoms with Crippen molar-refractivity contribution in [3.8, 4) is 0 Å². The Morgan fingerprint density at radius 2 is 1.89 bits per heavy atom. The molecule has 148 valence electrons. The second-order valence-electron chi connectivity index (χ2n) is 6.94. The highest BCUT2D eigenvalue weighted by atomic mass is 35.5. The molecule has 1 aliphatic carbocycles. The van der Waals surface area contributed by atoms with Gasteiger partial charge in [0.15, 0.2) is 6.10 Å². The van der Waals surface area contributed by atoms with Gasteiger partial charge in [-0.2, -0.15) is 4.31 Å². The maximum atomic E-state index is 12.8. The summed E-state index contributed by atoms with van der Waals surface area (Å²) in [7, 11) is -3.70. The fourth-order valence-electron chi connectivity index (χ4n) is 2.90. The number of esters is 1. The van der Waals surface area contributed by atoms with E-state index in [4.69, 9.17) is 16.3 Å². The average molecular weight is 415 g/mol. The van der Waals surface area contributed by atoms with Crippen LogP contribution in [0.3, 0.4) is 0 Å². The number of halogens is 1. The van der Waals surface area contributed by atoms with Crippen molar-refractivity contribution in [2.24, 2.45) is 0 Å². The zero-order chi connectivity index (χ0) is 19.6. The molecule has 1 saturated carbocycles. The summed E-state index contributed by atoms with van der Waals surface area (Å²) in [4.78, 5) is 24.4. The number of carbonyl (C=O) groups excluding carboxylic acids is 2. The SMILES string of the molecule is C[C@H](OC(=O)c1cc(S(=O)(=O)N2CCCCC2)ccc1Cl)C(=O)NC1CC1. The number of sulfonamides is 1. The number of ether oxygens (including phenoxy) is 1. The standard InChI is InChI=1S/C18H23ClN2O5S/c1-12(17(22)20-13-5-6-13)26-18(23)15-11-14(7-8-16(15)19)27(24,25)21-9-3-2-4-10-21/h7-8,11-13H,2-6,9-10H2,1H3,(H,20,22)/t12-/m0/s1. The Kier molecular flexibility index (Phi) is 6.08. The third-order valence-electron chi connectivity index (χ3n) is 4.69. The molecule has 1 aromatic rings. The van der Waals surface area contributed by atoms with Crippen LogP contribution in [0.25, 0.3) is 0 Å². The Hall–Kier alpha value is -1.64. The fraction of sp³-hybridized carbons (Fsp3) is 0.556. The van der Waals surface area contributed by atoms with Crippen molar-refractivity contribution in [2.75, 3.05) is 13.1 Å². The summed E-state index contributed by atoms with van der Waals surface area (Å²) in [6, 6.07) is 4.12. The van der Waals surface area contributed by atoms with Crippen LogP contribution in [0.15, 0.2) is 23.1 Å². The van der Waals surface area contributed by atoms with Crippen LogP contribution in [0.1, 0.15) is 49.4 Å². The molecule has 0 unspecified atom stereocenters. The van der Waals surface area contributed by atoms with Crippen molar-refractivity contribution in [1.82, 2.24) is 9.62 Å². The molecule has 0 spiro atoms. The van der Waals surface area contributed by atoms with Crippen LogP contribution in [-0.4, -0.2) is 49.8 Å². The molecule has 1 heterocycles. The van der Waals surface area contributed by atoms with E-state index in [9.17, 15) is 18.0 Å². The molecular weight excluding hydrogens is 392 g/mol. The van der Waals surface area contributed by atoms with Gasteiger partial charge < -0.3 is 10.1 Å². The minimum Gasteiger partial charge on any atom is -0.449 e. The molecular formula is C18H23ClN2O5S. The van der Waals surface area contributed by atoms with Crippen LogP contribution in [-0.2, 0) is 19.6 Å². The molecule has 1 aliphatic heterocycles. The summed E-state index contributed by atoms with van der Waals surface area (Å²) >= 11 is 6.07. The molecule has 2 fully saturated rings. The average Bonchev–Trinajstić information content (AvgIpc) is 3.46. The van der Waals surface area contributed by atoms with Crippen LogP contribution in [0, 0.1) is 0 Å². The van der Waals surface area contributed by atoms with Crippen LogP contribution in [0.4, 0.5) is 0 Å². The van der Waals surface area contributed by atoms with Crippen molar-refractivity contribution in [3.63, 3.8) is 0 Å². The Labute approximate surface area is 164 Å². The third kappa shape index (κ3) is 4.80. The number of benzene rings is 1. The van der Waals surface area contributed by atoms with Gasteiger partial charge in [0.1, 0.15) is 0 Å². The Balaban J connectivity index is 1.75. The van der Waals surface area contributed by atoms with E-state index in [0.717, 1.165) is 32.1 Å². The largest absolute Gasteiger partial charge is 0.449 e. The van der Waals surface area contributed by atoms with Gasteiger partial charge in [0.2, 0.25) is 10.0 Å².